The highest BCUT2D eigenvalue weighted by molar-refractivity contribution is 6.31. The molecule has 0 saturated heterocycles. The highest BCUT2D eigenvalue weighted by Crippen LogP contribution is 2.35. The fraction of sp³-hybridized carbons (Fsp3) is 0.176. The van der Waals surface area contributed by atoms with Gasteiger partial charge in [-0.2, -0.15) is 4.98 Å². The van der Waals surface area contributed by atoms with E-state index in [1.165, 1.54) is 0 Å². The van der Waals surface area contributed by atoms with Crippen molar-refractivity contribution in [2.45, 2.75) is 13.5 Å². The molecule has 0 amide bonds. The molecule has 1 aromatic heterocycles. The zero-order valence-electron chi connectivity index (χ0n) is 12.8. The lowest BCUT2D eigenvalue weighted by atomic mass is 10.2. The van der Waals surface area contributed by atoms with E-state index in [1.807, 2.05) is 31.2 Å². The topological polar surface area (TPSA) is 66.6 Å². The second kappa shape index (κ2) is 6.05. The number of ether oxygens (including phenoxy) is 3. The summed E-state index contributed by atoms with van der Waals surface area (Å²) in [7, 11) is 0. The van der Waals surface area contributed by atoms with E-state index in [1.54, 1.807) is 12.1 Å². The summed E-state index contributed by atoms with van der Waals surface area (Å²) in [5.74, 6) is 2.93. The normalized spacial score (nSPS) is 12.4. The van der Waals surface area contributed by atoms with Crippen LogP contribution in [-0.4, -0.2) is 16.9 Å². The van der Waals surface area contributed by atoms with E-state index < -0.39 is 0 Å². The van der Waals surface area contributed by atoms with E-state index in [9.17, 15) is 0 Å². The molecule has 4 rings (SSSR count). The summed E-state index contributed by atoms with van der Waals surface area (Å²) < 4.78 is 21.6. The zero-order valence-corrected chi connectivity index (χ0v) is 13.5. The third-order valence-electron chi connectivity index (χ3n) is 3.58. The molecule has 0 bridgehead atoms. The van der Waals surface area contributed by atoms with E-state index in [2.05, 4.69) is 10.1 Å². The van der Waals surface area contributed by atoms with Crippen LogP contribution in [0.3, 0.4) is 0 Å². The number of aromatic nitrogens is 2. The Morgan fingerprint density at radius 2 is 2.00 bits per heavy atom. The second-order valence-electron chi connectivity index (χ2n) is 5.28. The van der Waals surface area contributed by atoms with Crippen molar-refractivity contribution in [1.82, 2.24) is 10.1 Å². The van der Waals surface area contributed by atoms with Crippen LogP contribution in [0.25, 0.3) is 11.5 Å². The Bertz CT molecular complexity index is 894. The van der Waals surface area contributed by atoms with Crippen LogP contribution in [0.2, 0.25) is 5.02 Å². The maximum atomic E-state index is 5.99. The molecule has 0 fully saturated rings. The largest absolute Gasteiger partial charge is 0.485 e. The molecule has 0 spiro atoms. The van der Waals surface area contributed by atoms with E-state index in [-0.39, 0.29) is 13.4 Å². The highest BCUT2D eigenvalue weighted by atomic mass is 35.5. The Morgan fingerprint density at radius 1 is 1.12 bits per heavy atom. The molecule has 0 radical (unpaired) electrons. The van der Waals surface area contributed by atoms with Crippen molar-refractivity contribution in [2.24, 2.45) is 0 Å². The smallest absolute Gasteiger partial charge is 0.258 e. The van der Waals surface area contributed by atoms with Crippen LogP contribution in [0.5, 0.6) is 17.2 Å². The van der Waals surface area contributed by atoms with Gasteiger partial charge in [0.05, 0.1) is 0 Å². The molecule has 0 N–H and O–H groups in total. The minimum atomic E-state index is 0.203. The first-order valence-electron chi connectivity index (χ1n) is 7.30. The van der Waals surface area contributed by atoms with E-state index in [4.69, 9.17) is 30.3 Å². The van der Waals surface area contributed by atoms with Crippen LogP contribution >= 0.6 is 11.6 Å². The van der Waals surface area contributed by atoms with Gasteiger partial charge in [-0.1, -0.05) is 16.8 Å². The summed E-state index contributed by atoms with van der Waals surface area (Å²) in [6.07, 6.45) is 0. The van der Waals surface area contributed by atoms with Gasteiger partial charge in [-0.3, -0.25) is 0 Å². The molecule has 0 aliphatic carbocycles. The highest BCUT2D eigenvalue weighted by Gasteiger charge is 2.17. The summed E-state index contributed by atoms with van der Waals surface area (Å²) in [6, 6.07) is 10.9. The molecule has 3 aromatic rings. The predicted molar refractivity (Wildman–Crippen MR) is 86.4 cm³/mol. The molecule has 122 valence electrons. The predicted octanol–water partition coefficient (Wildman–Crippen LogP) is 4.01. The van der Waals surface area contributed by atoms with Crippen molar-refractivity contribution >= 4 is 11.6 Å². The van der Waals surface area contributed by atoms with Crippen molar-refractivity contribution in [3.05, 3.63) is 52.8 Å². The number of fused-ring (bicyclic) bond motifs is 1. The summed E-state index contributed by atoms with van der Waals surface area (Å²) in [4.78, 5) is 4.34. The first-order valence-corrected chi connectivity index (χ1v) is 7.68. The third-order valence-corrected chi connectivity index (χ3v) is 4.01. The van der Waals surface area contributed by atoms with Crippen LogP contribution in [0, 0.1) is 6.92 Å². The number of rotatable bonds is 4. The fourth-order valence-corrected chi connectivity index (χ4v) is 2.43. The molecule has 6 nitrogen and oxygen atoms in total. The van der Waals surface area contributed by atoms with Gasteiger partial charge in [0.1, 0.15) is 5.75 Å². The fourth-order valence-electron chi connectivity index (χ4n) is 2.31. The van der Waals surface area contributed by atoms with Gasteiger partial charge in [0.15, 0.2) is 18.1 Å². The SMILES string of the molecule is Cc1cc(OCc2noc(-c3ccc4c(c3)OCO4)n2)ccc1Cl. The average molecular weight is 345 g/mol. The van der Waals surface area contributed by atoms with Crippen molar-refractivity contribution in [1.29, 1.82) is 0 Å². The number of hydrogen-bond donors (Lipinski definition) is 0. The lowest BCUT2D eigenvalue weighted by Crippen LogP contribution is -1.97. The lowest BCUT2D eigenvalue weighted by molar-refractivity contribution is 0.174. The van der Waals surface area contributed by atoms with Crippen molar-refractivity contribution in [3.63, 3.8) is 0 Å². The molecule has 2 heterocycles. The summed E-state index contributed by atoms with van der Waals surface area (Å²) >= 11 is 5.99. The Labute approximate surface area is 142 Å². The Balaban J connectivity index is 1.47. The van der Waals surface area contributed by atoms with Gasteiger partial charge < -0.3 is 18.7 Å². The maximum Gasteiger partial charge on any atom is 0.258 e. The maximum absolute atomic E-state index is 5.99. The molecule has 0 saturated carbocycles. The first kappa shape index (κ1) is 14.8. The molecular weight excluding hydrogens is 332 g/mol. The van der Waals surface area contributed by atoms with Gasteiger partial charge in [-0.15, -0.1) is 0 Å². The minimum absolute atomic E-state index is 0.203. The van der Waals surface area contributed by atoms with Crippen molar-refractivity contribution in [3.8, 4) is 28.7 Å². The molecule has 24 heavy (non-hydrogen) atoms. The molecule has 0 unspecified atom stereocenters. The van der Waals surface area contributed by atoms with Gasteiger partial charge >= 0.3 is 0 Å². The van der Waals surface area contributed by atoms with Crippen LogP contribution in [-0.2, 0) is 6.61 Å². The quantitative estimate of drug-likeness (QED) is 0.712. The van der Waals surface area contributed by atoms with Crippen LogP contribution in [0.4, 0.5) is 0 Å². The van der Waals surface area contributed by atoms with Gasteiger partial charge in [0.2, 0.25) is 12.6 Å². The third kappa shape index (κ3) is 2.88. The van der Waals surface area contributed by atoms with Gasteiger partial charge in [-0.25, -0.2) is 0 Å². The van der Waals surface area contributed by atoms with Crippen LogP contribution in [0.1, 0.15) is 11.4 Å². The summed E-state index contributed by atoms with van der Waals surface area (Å²) in [6.45, 7) is 2.35. The molecule has 1 aliphatic heterocycles. The number of nitrogens with zero attached hydrogens (tertiary/aromatic N) is 2. The summed E-state index contributed by atoms with van der Waals surface area (Å²) in [5.41, 5.74) is 1.71. The van der Waals surface area contributed by atoms with E-state index in [0.717, 1.165) is 11.1 Å². The standard InChI is InChI=1S/C17H13ClN2O4/c1-10-6-12(3-4-13(10)18)21-8-16-19-17(24-20-16)11-2-5-14-15(7-11)23-9-22-14/h2-7H,8-9H2,1H3. The van der Waals surface area contributed by atoms with Crippen molar-refractivity contribution < 1.29 is 18.7 Å². The molecule has 7 heteroatoms. The molecule has 0 atom stereocenters. The van der Waals surface area contributed by atoms with Crippen molar-refractivity contribution in [2.75, 3.05) is 6.79 Å². The van der Waals surface area contributed by atoms with E-state index >= 15 is 0 Å². The van der Waals surface area contributed by atoms with E-state index in [0.29, 0.717) is 34.0 Å². The average Bonchev–Trinajstić information content (AvgIpc) is 3.24. The number of aryl methyl sites for hydroxylation is 1. The monoisotopic (exact) mass is 344 g/mol. The molecule has 1 aliphatic rings. The van der Waals surface area contributed by atoms with Crippen LogP contribution < -0.4 is 14.2 Å². The van der Waals surface area contributed by atoms with Gasteiger partial charge in [0, 0.05) is 10.6 Å². The second-order valence-corrected chi connectivity index (χ2v) is 5.69. The zero-order chi connectivity index (χ0) is 16.5. The first-order chi connectivity index (χ1) is 11.7. The van der Waals surface area contributed by atoms with Gasteiger partial charge in [0.25, 0.3) is 5.89 Å². The summed E-state index contributed by atoms with van der Waals surface area (Å²) in [5, 5.41) is 4.63. The molecule has 2 aromatic carbocycles. The Kier molecular flexibility index (Phi) is 3.74. The van der Waals surface area contributed by atoms with Gasteiger partial charge in [-0.05, 0) is 48.9 Å². The lowest BCUT2D eigenvalue weighted by Gasteiger charge is -2.05. The number of halogens is 1. The number of hydrogen-bond acceptors (Lipinski definition) is 6. The molecular formula is C17H13ClN2O4. The Morgan fingerprint density at radius 3 is 2.88 bits per heavy atom. The number of benzene rings is 2. The Hall–Kier alpha value is -2.73. The minimum Gasteiger partial charge on any atom is -0.485 e. The van der Waals surface area contributed by atoms with Crippen LogP contribution in [0.15, 0.2) is 40.9 Å².